The molecule has 1 saturated heterocycles. The minimum Gasteiger partial charge on any atom is -0.326 e. The lowest BCUT2D eigenvalue weighted by Gasteiger charge is -2.40. The van der Waals surface area contributed by atoms with E-state index in [4.69, 9.17) is 5.73 Å². The lowest BCUT2D eigenvalue weighted by molar-refractivity contribution is 0.0955. The first-order valence-electron chi connectivity index (χ1n) is 5.95. The van der Waals surface area contributed by atoms with Crippen LogP contribution in [-0.2, 0) is 0 Å². The topological polar surface area (TPSA) is 29.3 Å². The molecule has 2 unspecified atom stereocenters. The van der Waals surface area contributed by atoms with E-state index in [2.05, 4.69) is 32.6 Å². The Hall–Kier alpha value is -0.0800. The normalized spacial score (nSPS) is 30.6. The van der Waals surface area contributed by atoms with Gasteiger partial charge in [0.1, 0.15) is 0 Å². The van der Waals surface area contributed by atoms with Crippen molar-refractivity contribution in [3.8, 4) is 0 Å². The summed E-state index contributed by atoms with van der Waals surface area (Å²) in [5.41, 5.74) is 6.00. The summed E-state index contributed by atoms with van der Waals surface area (Å²) in [6.45, 7) is 10.1. The Morgan fingerprint density at radius 1 is 1.21 bits per heavy atom. The molecule has 0 bridgehead atoms. The maximum atomic E-state index is 6.02. The zero-order valence-electron chi connectivity index (χ0n) is 10.2. The predicted octanol–water partition coefficient (Wildman–Crippen LogP) is 2.38. The first-order valence-corrected chi connectivity index (χ1v) is 5.95. The van der Waals surface area contributed by atoms with Gasteiger partial charge in [-0.3, -0.25) is 4.90 Å². The summed E-state index contributed by atoms with van der Waals surface area (Å²) in [6, 6.07) is 1.50. The smallest absolute Gasteiger partial charge is 0.0109 e. The highest BCUT2D eigenvalue weighted by atomic mass is 15.2. The summed E-state index contributed by atoms with van der Waals surface area (Å²) >= 11 is 0. The van der Waals surface area contributed by atoms with Crippen LogP contribution in [0.25, 0.3) is 0 Å². The van der Waals surface area contributed by atoms with Gasteiger partial charge in [-0.25, -0.2) is 0 Å². The van der Waals surface area contributed by atoms with Gasteiger partial charge in [0.05, 0.1) is 0 Å². The standard InChI is InChI=1S/C12H26N2/c1-10-6-5-7-11(2)14(10)9-8-12(3,4)13/h10-11H,5-9,13H2,1-4H3. The van der Waals surface area contributed by atoms with Gasteiger partial charge in [-0.1, -0.05) is 6.42 Å². The molecular weight excluding hydrogens is 172 g/mol. The fraction of sp³-hybridized carbons (Fsp3) is 1.00. The maximum absolute atomic E-state index is 6.02. The Balaban J connectivity index is 2.40. The van der Waals surface area contributed by atoms with Gasteiger partial charge in [0.2, 0.25) is 0 Å². The van der Waals surface area contributed by atoms with E-state index in [0.717, 1.165) is 25.0 Å². The number of nitrogens with zero attached hydrogens (tertiary/aromatic N) is 1. The van der Waals surface area contributed by atoms with Crippen LogP contribution in [0.3, 0.4) is 0 Å². The highest BCUT2D eigenvalue weighted by molar-refractivity contribution is 4.82. The number of hydrogen-bond donors (Lipinski definition) is 1. The lowest BCUT2D eigenvalue weighted by atomic mass is 9.95. The number of piperidine rings is 1. The van der Waals surface area contributed by atoms with Gasteiger partial charge in [-0.2, -0.15) is 0 Å². The van der Waals surface area contributed by atoms with E-state index < -0.39 is 0 Å². The SMILES string of the molecule is CC1CCCC(C)N1CCC(C)(C)N. The quantitative estimate of drug-likeness (QED) is 0.754. The second-order valence-electron chi connectivity index (χ2n) is 5.61. The zero-order valence-corrected chi connectivity index (χ0v) is 10.2. The molecule has 0 aromatic heterocycles. The number of nitrogens with two attached hydrogens (primary N) is 1. The molecule has 1 fully saturated rings. The summed E-state index contributed by atoms with van der Waals surface area (Å²) in [5, 5.41) is 0. The number of rotatable bonds is 3. The molecular formula is C12H26N2. The van der Waals surface area contributed by atoms with Gasteiger partial charge in [0.25, 0.3) is 0 Å². The summed E-state index contributed by atoms with van der Waals surface area (Å²) < 4.78 is 0. The average Bonchev–Trinajstić information content (AvgIpc) is 2.01. The summed E-state index contributed by atoms with van der Waals surface area (Å²) in [5.74, 6) is 0. The highest BCUT2D eigenvalue weighted by Gasteiger charge is 2.25. The fourth-order valence-electron chi connectivity index (χ4n) is 2.33. The Kier molecular flexibility index (Phi) is 3.96. The van der Waals surface area contributed by atoms with E-state index in [1.807, 2.05) is 0 Å². The average molecular weight is 198 g/mol. The summed E-state index contributed by atoms with van der Waals surface area (Å²) in [7, 11) is 0. The number of hydrogen-bond acceptors (Lipinski definition) is 2. The van der Waals surface area contributed by atoms with Crippen LogP contribution in [0.5, 0.6) is 0 Å². The first kappa shape index (κ1) is 12.0. The Bertz CT molecular complexity index is 162. The van der Waals surface area contributed by atoms with Gasteiger partial charge < -0.3 is 5.73 Å². The molecule has 0 saturated carbocycles. The molecule has 1 aliphatic rings. The van der Waals surface area contributed by atoms with Gasteiger partial charge in [0.15, 0.2) is 0 Å². The predicted molar refractivity (Wildman–Crippen MR) is 62.4 cm³/mol. The molecule has 84 valence electrons. The van der Waals surface area contributed by atoms with Crippen LogP contribution in [0.1, 0.15) is 53.4 Å². The van der Waals surface area contributed by atoms with E-state index in [-0.39, 0.29) is 5.54 Å². The third-order valence-electron chi connectivity index (χ3n) is 3.39. The van der Waals surface area contributed by atoms with Crippen molar-refractivity contribution in [3.05, 3.63) is 0 Å². The minimum atomic E-state index is -0.0170. The van der Waals surface area contributed by atoms with Crippen LogP contribution in [0.4, 0.5) is 0 Å². The monoisotopic (exact) mass is 198 g/mol. The molecule has 1 heterocycles. The first-order chi connectivity index (χ1) is 6.40. The lowest BCUT2D eigenvalue weighted by Crippen LogP contribution is -2.47. The van der Waals surface area contributed by atoms with Crippen LogP contribution >= 0.6 is 0 Å². The van der Waals surface area contributed by atoms with E-state index in [1.165, 1.54) is 19.3 Å². The van der Waals surface area contributed by atoms with Crippen LogP contribution in [-0.4, -0.2) is 29.1 Å². The molecule has 1 rings (SSSR count). The third-order valence-corrected chi connectivity index (χ3v) is 3.39. The molecule has 14 heavy (non-hydrogen) atoms. The molecule has 0 aliphatic carbocycles. The van der Waals surface area contributed by atoms with Crippen molar-refractivity contribution in [2.45, 2.75) is 71.0 Å². The van der Waals surface area contributed by atoms with E-state index >= 15 is 0 Å². The minimum absolute atomic E-state index is 0.0170. The van der Waals surface area contributed by atoms with Crippen molar-refractivity contribution < 1.29 is 0 Å². The molecule has 0 aromatic carbocycles. The van der Waals surface area contributed by atoms with Crippen LogP contribution in [0, 0.1) is 0 Å². The van der Waals surface area contributed by atoms with E-state index in [9.17, 15) is 0 Å². The summed E-state index contributed by atoms with van der Waals surface area (Å²) in [4.78, 5) is 2.62. The molecule has 0 radical (unpaired) electrons. The largest absolute Gasteiger partial charge is 0.326 e. The Morgan fingerprint density at radius 2 is 1.71 bits per heavy atom. The van der Waals surface area contributed by atoms with Crippen LogP contribution < -0.4 is 5.73 Å². The third kappa shape index (κ3) is 3.58. The van der Waals surface area contributed by atoms with Gasteiger partial charge in [-0.05, 0) is 47.0 Å². The van der Waals surface area contributed by atoms with Crippen molar-refractivity contribution in [2.24, 2.45) is 5.73 Å². The molecule has 2 heteroatoms. The molecule has 0 amide bonds. The molecule has 2 nitrogen and oxygen atoms in total. The number of likely N-dealkylation sites (tertiary alicyclic amines) is 1. The maximum Gasteiger partial charge on any atom is 0.0109 e. The van der Waals surface area contributed by atoms with Crippen LogP contribution in [0.2, 0.25) is 0 Å². The summed E-state index contributed by atoms with van der Waals surface area (Å²) in [6.07, 6.45) is 5.21. The zero-order chi connectivity index (χ0) is 10.8. The molecule has 0 spiro atoms. The van der Waals surface area contributed by atoms with E-state index in [1.54, 1.807) is 0 Å². The Labute approximate surface area is 88.8 Å². The highest BCUT2D eigenvalue weighted by Crippen LogP contribution is 2.23. The van der Waals surface area contributed by atoms with Crippen molar-refractivity contribution in [1.82, 2.24) is 4.90 Å². The van der Waals surface area contributed by atoms with Crippen molar-refractivity contribution in [1.29, 1.82) is 0 Å². The second kappa shape index (κ2) is 4.63. The van der Waals surface area contributed by atoms with Crippen molar-refractivity contribution in [2.75, 3.05) is 6.54 Å². The fourth-order valence-corrected chi connectivity index (χ4v) is 2.33. The molecule has 1 aliphatic heterocycles. The Morgan fingerprint density at radius 3 is 2.14 bits per heavy atom. The van der Waals surface area contributed by atoms with Crippen molar-refractivity contribution >= 4 is 0 Å². The van der Waals surface area contributed by atoms with Gasteiger partial charge in [0, 0.05) is 24.2 Å². The van der Waals surface area contributed by atoms with Crippen molar-refractivity contribution in [3.63, 3.8) is 0 Å². The van der Waals surface area contributed by atoms with Gasteiger partial charge in [-0.15, -0.1) is 0 Å². The second-order valence-corrected chi connectivity index (χ2v) is 5.61. The molecule has 0 aromatic rings. The molecule has 2 N–H and O–H groups in total. The van der Waals surface area contributed by atoms with Gasteiger partial charge >= 0.3 is 0 Å². The molecule has 2 atom stereocenters. The van der Waals surface area contributed by atoms with Crippen LogP contribution in [0.15, 0.2) is 0 Å². The van der Waals surface area contributed by atoms with E-state index in [0.29, 0.717) is 0 Å².